The molecule has 1 heterocycles. The molecule has 3 N–H and O–H groups in total. The summed E-state index contributed by atoms with van der Waals surface area (Å²) in [6.45, 7) is 6.86. The smallest absolute Gasteiger partial charge is 0.223 e. The number of nitrogens with two attached hydrogens (primary N) is 1. The quantitative estimate of drug-likeness (QED) is 0.735. The van der Waals surface area contributed by atoms with Crippen LogP contribution >= 0.6 is 0 Å². The molecule has 1 aliphatic carbocycles. The van der Waals surface area contributed by atoms with Gasteiger partial charge in [0.25, 0.3) is 0 Å². The third-order valence-corrected chi connectivity index (χ3v) is 5.84. The van der Waals surface area contributed by atoms with Crippen LogP contribution in [0.3, 0.4) is 0 Å². The van der Waals surface area contributed by atoms with E-state index in [0.29, 0.717) is 6.54 Å². The van der Waals surface area contributed by atoms with Gasteiger partial charge in [-0.15, -0.1) is 0 Å². The molecule has 1 aliphatic heterocycles. The summed E-state index contributed by atoms with van der Waals surface area (Å²) in [6, 6.07) is 8.71. The van der Waals surface area contributed by atoms with Crippen molar-refractivity contribution >= 4 is 5.91 Å². The first kappa shape index (κ1) is 20.3. The van der Waals surface area contributed by atoms with Crippen molar-refractivity contribution in [3.63, 3.8) is 0 Å². The van der Waals surface area contributed by atoms with Gasteiger partial charge in [0.1, 0.15) is 0 Å². The molecule has 1 aromatic carbocycles. The van der Waals surface area contributed by atoms with E-state index in [0.717, 1.165) is 44.4 Å². The van der Waals surface area contributed by atoms with Crippen LogP contribution in [-0.4, -0.2) is 42.6 Å². The van der Waals surface area contributed by atoms with E-state index >= 15 is 0 Å². The Balaban J connectivity index is 1.44. The van der Waals surface area contributed by atoms with Crippen LogP contribution in [-0.2, 0) is 22.6 Å². The number of rotatable bonds is 8. The molecule has 2 aliphatic rings. The van der Waals surface area contributed by atoms with Gasteiger partial charge in [0.15, 0.2) is 0 Å². The second kappa shape index (κ2) is 10.2. The Labute approximate surface area is 163 Å². The number of likely N-dealkylation sites (tertiary alicyclic amines) is 1. The lowest BCUT2D eigenvalue weighted by atomic mass is 9.83. The van der Waals surface area contributed by atoms with Crippen LogP contribution in [0.5, 0.6) is 0 Å². The predicted molar refractivity (Wildman–Crippen MR) is 108 cm³/mol. The Morgan fingerprint density at radius 1 is 1.19 bits per heavy atom. The fraction of sp³-hybridized carbons (Fsp3) is 0.682. The summed E-state index contributed by atoms with van der Waals surface area (Å²) in [6.07, 6.45) is 6.08. The van der Waals surface area contributed by atoms with E-state index in [2.05, 4.69) is 41.4 Å². The zero-order valence-electron chi connectivity index (χ0n) is 16.7. The van der Waals surface area contributed by atoms with Crippen LogP contribution in [0.15, 0.2) is 24.3 Å². The van der Waals surface area contributed by atoms with Gasteiger partial charge in [-0.3, -0.25) is 9.69 Å². The van der Waals surface area contributed by atoms with E-state index in [4.69, 9.17) is 10.5 Å². The first-order valence-electron chi connectivity index (χ1n) is 10.6. The van der Waals surface area contributed by atoms with E-state index in [1.807, 2.05) is 0 Å². The molecule has 1 amide bonds. The van der Waals surface area contributed by atoms with E-state index in [-0.39, 0.29) is 24.0 Å². The summed E-state index contributed by atoms with van der Waals surface area (Å²) in [4.78, 5) is 15.1. The molecule has 2 fully saturated rings. The molecule has 5 heteroatoms. The van der Waals surface area contributed by atoms with Crippen molar-refractivity contribution in [2.45, 2.75) is 70.7 Å². The summed E-state index contributed by atoms with van der Waals surface area (Å²) in [5.74, 6) is 0.147. The van der Waals surface area contributed by atoms with Gasteiger partial charge in [-0.1, -0.05) is 31.2 Å². The maximum absolute atomic E-state index is 12.6. The lowest BCUT2D eigenvalue weighted by molar-refractivity contribution is -0.128. The number of carbonyl (C=O) groups is 1. The molecule has 1 aromatic rings. The molecule has 1 saturated carbocycles. The van der Waals surface area contributed by atoms with Crippen molar-refractivity contribution in [3.8, 4) is 0 Å². The van der Waals surface area contributed by atoms with Crippen molar-refractivity contribution in [1.82, 2.24) is 10.2 Å². The largest absolute Gasteiger partial charge is 0.377 e. The van der Waals surface area contributed by atoms with Gasteiger partial charge in [0.2, 0.25) is 5.91 Å². The number of hydrogen-bond donors (Lipinski definition) is 2. The van der Waals surface area contributed by atoms with Crippen molar-refractivity contribution in [2.24, 2.45) is 11.7 Å². The third kappa shape index (κ3) is 6.03. The monoisotopic (exact) mass is 373 g/mol. The van der Waals surface area contributed by atoms with E-state index in [1.165, 1.54) is 31.5 Å². The highest BCUT2D eigenvalue weighted by molar-refractivity contribution is 5.78. The molecular formula is C22H35N3O2. The number of benzene rings is 1. The summed E-state index contributed by atoms with van der Waals surface area (Å²) in [7, 11) is 0. The number of nitrogens with zero attached hydrogens (tertiary/aromatic N) is 1. The van der Waals surface area contributed by atoms with Crippen molar-refractivity contribution < 1.29 is 9.53 Å². The van der Waals surface area contributed by atoms with Crippen LogP contribution in [0.2, 0.25) is 0 Å². The third-order valence-electron chi connectivity index (χ3n) is 5.84. The molecule has 3 rings (SSSR count). The van der Waals surface area contributed by atoms with Crippen LogP contribution < -0.4 is 11.1 Å². The Kier molecular flexibility index (Phi) is 7.68. The minimum absolute atomic E-state index is 0.0133. The maximum atomic E-state index is 12.6. The van der Waals surface area contributed by atoms with Gasteiger partial charge in [0, 0.05) is 31.7 Å². The number of hydrogen-bond acceptors (Lipinski definition) is 4. The van der Waals surface area contributed by atoms with Crippen LogP contribution in [0.4, 0.5) is 0 Å². The van der Waals surface area contributed by atoms with Crippen LogP contribution in [0.1, 0.15) is 56.6 Å². The molecule has 5 nitrogen and oxygen atoms in total. The zero-order valence-corrected chi connectivity index (χ0v) is 16.7. The average Bonchev–Trinajstić information content (AvgIpc) is 3.19. The van der Waals surface area contributed by atoms with Gasteiger partial charge in [0.05, 0.1) is 6.10 Å². The first-order chi connectivity index (χ1) is 13.2. The summed E-state index contributed by atoms with van der Waals surface area (Å²) >= 11 is 0. The van der Waals surface area contributed by atoms with E-state index in [9.17, 15) is 4.79 Å². The first-order valence-corrected chi connectivity index (χ1v) is 10.6. The molecule has 0 spiro atoms. The Bertz CT molecular complexity index is 584. The summed E-state index contributed by atoms with van der Waals surface area (Å²) < 4.78 is 5.85. The van der Waals surface area contributed by atoms with Crippen molar-refractivity contribution in [2.75, 3.05) is 19.7 Å². The minimum atomic E-state index is 0.0133. The predicted octanol–water partition coefficient (Wildman–Crippen LogP) is 2.82. The maximum Gasteiger partial charge on any atom is 0.223 e. The molecule has 1 saturated heterocycles. The van der Waals surface area contributed by atoms with Crippen molar-refractivity contribution in [1.29, 1.82) is 0 Å². The van der Waals surface area contributed by atoms with E-state index < -0.39 is 0 Å². The highest BCUT2D eigenvalue weighted by Gasteiger charge is 2.32. The summed E-state index contributed by atoms with van der Waals surface area (Å²) in [5.41, 5.74) is 8.66. The lowest BCUT2D eigenvalue weighted by Gasteiger charge is -2.33. The normalized spacial score (nSPS) is 26.2. The number of carbonyl (C=O) groups excluding carboxylic acids is 1. The van der Waals surface area contributed by atoms with Gasteiger partial charge in [-0.2, -0.15) is 0 Å². The molecule has 0 aromatic heterocycles. The molecule has 0 unspecified atom stereocenters. The topological polar surface area (TPSA) is 67.6 Å². The van der Waals surface area contributed by atoms with Gasteiger partial charge in [-0.25, -0.2) is 0 Å². The second-order valence-electron chi connectivity index (χ2n) is 8.10. The Morgan fingerprint density at radius 2 is 1.89 bits per heavy atom. The number of amides is 1. The lowest BCUT2D eigenvalue weighted by Crippen LogP contribution is -2.45. The van der Waals surface area contributed by atoms with Gasteiger partial charge in [-0.05, 0) is 62.7 Å². The fourth-order valence-corrected chi connectivity index (χ4v) is 4.15. The summed E-state index contributed by atoms with van der Waals surface area (Å²) in [5, 5.41) is 3.11. The highest BCUT2D eigenvalue weighted by atomic mass is 16.5. The molecule has 3 atom stereocenters. The zero-order chi connectivity index (χ0) is 19.1. The number of ether oxygens (including phenoxy) is 1. The Hall–Kier alpha value is -1.43. The van der Waals surface area contributed by atoms with Gasteiger partial charge < -0.3 is 15.8 Å². The van der Waals surface area contributed by atoms with Crippen LogP contribution in [0, 0.1) is 5.92 Å². The van der Waals surface area contributed by atoms with Crippen LogP contribution in [0.25, 0.3) is 0 Å². The molecular weight excluding hydrogens is 338 g/mol. The molecule has 0 radical (unpaired) electrons. The highest BCUT2D eigenvalue weighted by Crippen LogP contribution is 2.26. The number of nitrogens with one attached hydrogen (secondary N) is 1. The molecule has 150 valence electrons. The minimum Gasteiger partial charge on any atom is -0.377 e. The standard InChI is InChI=1S/C22H35N3O2/c1-2-13-27-21-14-19(9-10-20(21)23)22(26)24-15-17-5-7-18(8-6-17)16-25-11-3-4-12-25/h5-8,19-21H,2-4,9-16,23H2,1H3,(H,24,26)/t19-,20+,21+/m0/s1. The van der Waals surface area contributed by atoms with E-state index in [1.54, 1.807) is 0 Å². The molecule has 0 bridgehead atoms. The van der Waals surface area contributed by atoms with Gasteiger partial charge >= 0.3 is 0 Å². The molecule has 27 heavy (non-hydrogen) atoms. The van der Waals surface area contributed by atoms with Crippen molar-refractivity contribution in [3.05, 3.63) is 35.4 Å². The average molecular weight is 374 g/mol. The Morgan fingerprint density at radius 3 is 2.59 bits per heavy atom. The SMILES string of the molecule is CCCO[C@@H]1C[C@@H](C(=O)NCc2ccc(CN3CCCC3)cc2)CC[C@H]1N. The second-order valence-corrected chi connectivity index (χ2v) is 8.10. The fourth-order valence-electron chi connectivity index (χ4n) is 4.15.